The van der Waals surface area contributed by atoms with Gasteiger partial charge in [0.05, 0.1) is 11.0 Å². The van der Waals surface area contributed by atoms with E-state index in [2.05, 4.69) is 33.8 Å². The molecule has 2 heterocycles. The van der Waals surface area contributed by atoms with E-state index in [0.29, 0.717) is 11.5 Å². The summed E-state index contributed by atoms with van der Waals surface area (Å²) in [5.74, 6) is 0.659. The Kier molecular flexibility index (Phi) is 3.15. The second kappa shape index (κ2) is 5.31. The molecule has 0 radical (unpaired) electrons. The molecule has 0 spiro atoms. The summed E-state index contributed by atoms with van der Waals surface area (Å²) in [5, 5.41) is 15.4. The second-order valence-electron chi connectivity index (χ2n) is 5.50. The molecule has 2 aromatic carbocycles. The Morgan fingerprint density at radius 3 is 2.87 bits per heavy atom. The summed E-state index contributed by atoms with van der Waals surface area (Å²) >= 11 is 0. The van der Waals surface area contributed by atoms with Crippen LogP contribution in [0.3, 0.4) is 0 Å². The van der Waals surface area contributed by atoms with Crippen molar-refractivity contribution < 1.29 is 0 Å². The summed E-state index contributed by atoms with van der Waals surface area (Å²) in [7, 11) is 0. The van der Waals surface area contributed by atoms with Gasteiger partial charge in [-0.15, -0.1) is 5.10 Å². The largest absolute Gasteiger partial charge is 0.337 e. The van der Waals surface area contributed by atoms with E-state index in [1.165, 1.54) is 5.56 Å². The molecule has 23 heavy (non-hydrogen) atoms. The Morgan fingerprint density at radius 1 is 1.13 bits per heavy atom. The van der Waals surface area contributed by atoms with Gasteiger partial charge < -0.3 is 5.32 Å². The average Bonchev–Trinajstić information content (AvgIpc) is 3.06. The van der Waals surface area contributed by atoms with Gasteiger partial charge in [0.15, 0.2) is 5.82 Å². The molecule has 0 amide bonds. The molecule has 0 saturated heterocycles. The third-order valence-electron chi connectivity index (χ3n) is 3.92. The summed E-state index contributed by atoms with van der Waals surface area (Å²) in [5.41, 5.74) is 5.77. The first-order valence-electron chi connectivity index (χ1n) is 7.59. The Labute approximate surface area is 133 Å². The Morgan fingerprint density at radius 2 is 2.00 bits per heavy atom. The SMILES string of the molecule is CCc1ccccc1Nc1nc2ccc(C)cc2n2nnnc12. The van der Waals surface area contributed by atoms with Crippen LogP contribution in [0.5, 0.6) is 0 Å². The Balaban J connectivity index is 1.92. The van der Waals surface area contributed by atoms with Gasteiger partial charge in [-0.1, -0.05) is 31.2 Å². The van der Waals surface area contributed by atoms with Crippen molar-refractivity contribution in [3.8, 4) is 0 Å². The first-order chi connectivity index (χ1) is 11.3. The molecule has 0 bridgehead atoms. The highest BCUT2D eigenvalue weighted by molar-refractivity contribution is 5.84. The molecule has 114 valence electrons. The number of hydrogen-bond acceptors (Lipinski definition) is 5. The van der Waals surface area contributed by atoms with E-state index in [9.17, 15) is 0 Å². The van der Waals surface area contributed by atoms with Gasteiger partial charge in [-0.25, -0.2) is 4.98 Å². The molecule has 0 aliphatic rings. The first kappa shape index (κ1) is 13.6. The van der Waals surface area contributed by atoms with Crippen molar-refractivity contribution in [1.29, 1.82) is 0 Å². The lowest BCUT2D eigenvalue weighted by Crippen LogP contribution is -2.03. The van der Waals surface area contributed by atoms with Crippen molar-refractivity contribution >= 4 is 28.2 Å². The highest BCUT2D eigenvalue weighted by Crippen LogP contribution is 2.25. The van der Waals surface area contributed by atoms with Gasteiger partial charge >= 0.3 is 0 Å². The molecule has 6 nitrogen and oxygen atoms in total. The number of rotatable bonds is 3. The van der Waals surface area contributed by atoms with E-state index < -0.39 is 0 Å². The minimum atomic E-state index is 0.619. The standard InChI is InChI=1S/C17H16N6/c1-3-12-6-4-5-7-13(12)18-16-17-20-21-22-23(17)15-10-11(2)8-9-14(15)19-16/h4-10H,3H2,1-2H3,(H,18,19). The van der Waals surface area contributed by atoms with Crippen LogP contribution in [0.1, 0.15) is 18.1 Å². The fraction of sp³-hybridized carbons (Fsp3) is 0.176. The number of aromatic nitrogens is 5. The van der Waals surface area contributed by atoms with E-state index in [4.69, 9.17) is 4.98 Å². The van der Waals surface area contributed by atoms with E-state index in [1.54, 1.807) is 4.52 Å². The van der Waals surface area contributed by atoms with Crippen molar-refractivity contribution in [2.75, 3.05) is 5.32 Å². The summed E-state index contributed by atoms with van der Waals surface area (Å²) in [6, 6.07) is 14.2. The lowest BCUT2D eigenvalue weighted by Gasteiger charge is -2.11. The van der Waals surface area contributed by atoms with Crippen molar-refractivity contribution in [2.24, 2.45) is 0 Å². The molecule has 4 rings (SSSR count). The third kappa shape index (κ3) is 2.28. The number of hydrogen-bond donors (Lipinski definition) is 1. The van der Waals surface area contributed by atoms with Crippen molar-refractivity contribution in [3.05, 3.63) is 53.6 Å². The van der Waals surface area contributed by atoms with Crippen LogP contribution in [0.2, 0.25) is 0 Å². The summed E-state index contributed by atoms with van der Waals surface area (Å²) in [6.07, 6.45) is 0.942. The van der Waals surface area contributed by atoms with Gasteiger partial charge in [-0.3, -0.25) is 0 Å². The lowest BCUT2D eigenvalue weighted by molar-refractivity contribution is 0.840. The van der Waals surface area contributed by atoms with Gasteiger partial charge in [0.2, 0.25) is 5.65 Å². The van der Waals surface area contributed by atoms with E-state index in [0.717, 1.165) is 28.7 Å². The Bertz CT molecular complexity index is 1000. The molecule has 2 aromatic heterocycles. The molecule has 0 atom stereocenters. The monoisotopic (exact) mass is 304 g/mol. The number of anilines is 2. The molecular weight excluding hydrogens is 288 g/mol. The molecule has 0 saturated carbocycles. The van der Waals surface area contributed by atoms with Crippen LogP contribution in [0, 0.1) is 6.92 Å². The third-order valence-corrected chi connectivity index (χ3v) is 3.92. The number of aryl methyl sites for hydroxylation is 2. The van der Waals surface area contributed by atoms with Crippen LogP contribution >= 0.6 is 0 Å². The zero-order chi connectivity index (χ0) is 15.8. The smallest absolute Gasteiger partial charge is 0.222 e. The zero-order valence-electron chi connectivity index (χ0n) is 13.0. The number of para-hydroxylation sites is 1. The van der Waals surface area contributed by atoms with Crippen molar-refractivity contribution in [3.63, 3.8) is 0 Å². The Hall–Kier alpha value is -3.02. The van der Waals surface area contributed by atoms with E-state index in [1.807, 2.05) is 43.3 Å². The molecule has 1 N–H and O–H groups in total. The topological polar surface area (TPSA) is 68.0 Å². The molecule has 4 aromatic rings. The van der Waals surface area contributed by atoms with Crippen molar-refractivity contribution in [2.45, 2.75) is 20.3 Å². The second-order valence-corrected chi connectivity index (χ2v) is 5.50. The highest BCUT2D eigenvalue weighted by atomic mass is 15.5. The van der Waals surface area contributed by atoms with Gasteiger partial charge in [0, 0.05) is 5.69 Å². The lowest BCUT2D eigenvalue weighted by atomic mass is 10.1. The van der Waals surface area contributed by atoms with Gasteiger partial charge in [-0.2, -0.15) is 4.52 Å². The van der Waals surface area contributed by atoms with Crippen LogP contribution in [0.15, 0.2) is 42.5 Å². The summed E-state index contributed by atoms with van der Waals surface area (Å²) < 4.78 is 1.73. The number of benzene rings is 2. The molecule has 0 aliphatic heterocycles. The minimum Gasteiger partial charge on any atom is -0.337 e. The minimum absolute atomic E-state index is 0.619. The van der Waals surface area contributed by atoms with Crippen LogP contribution in [-0.2, 0) is 6.42 Å². The van der Waals surface area contributed by atoms with Gasteiger partial charge in [0.25, 0.3) is 0 Å². The molecule has 0 aliphatic carbocycles. The molecule has 0 fully saturated rings. The predicted octanol–water partition coefficient (Wildman–Crippen LogP) is 3.29. The van der Waals surface area contributed by atoms with E-state index >= 15 is 0 Å². The maximum Gasteiger partial charge on any atom is 0.222 e. The fourth-order valence-corrected chi connectivity index (χ4v) is 2.73. The van der Waals surface area contributed by atoms with Crippen LogP contribution in [0.4, 0.5) is 11.5 Å². The zero-order valence-corrected chi connectivity index (χ0v) is 13.0. The van der Waals surface area contributed by atoms with Gasteiger partial charge in [-0.05, 0) is 53.1 Å². The quantitative estimate of drug-likeness (QED) is 0.629. The maximum atomic E-state index is 4.71. The number of nitrogens with one attached hydrogen (secondary N) is 1. The molecule has 0 unspecified atom stereocenters. The molecular formula is C17H16N6. The number of fused-ring (bicyclic) bond motifs is 3. The van der Waals surface area contributed by atoms with Crippen molar-refractivity contribution in [1.82, 2.24) is 25.0 Å². The van der Waals surface area contributed by atoms with Gasteiger partial charge in [0.1, 0.15) is 0 Å². The van der Waals surface area contributed by atoms with Crippen LogP contribution < -0.4 is 5.32 Å². The summed E-state index contributed by atoms with van der Waals surface area (Å²) in [6.45, 7) is 4.17. The highest BCUT2D eigenvalue weighted by Gasteiger charge is 2.12. The normalized spacial score (nSPS) is 11.2. The van der Waals surface area contributed by atoms with Crippen LogP contribution in [0.25, 0.3) is 16.7 Å². The summed E-state index contributed by atoms with van der Waals surface area (Å²) in [4.78, 5) is 4.71. The predicted molar refractivity (Wildman–Crippen MR) is 89.9 cm³/mol. The number of tetrazole rings is 1. The number of nitrogens with zero attached hydrogens (tertiary/aromatic N) is 5. The fourth-order valence-electron chi connectivity index (χ4n) is 2.73. The van der Waals surface area contributed by atoms with Crippen LogP contribution in [-0.4, -0.2) is 25.0 Å². The average molecular weight is 304 g/mol. The van der Waals surface area contributed by atoms with E-state index in [-0.39, 0.29) is 0 Å². The molecule has 6 heteroatoms. The first-order valence-corrected chi connectivity index (χ1v) is 7.59. The maximum absolute atomic E-state index is 4.71.